The molecule has 0 spiro atoms. The van der Waals surface area contributed by atoms with E-state index in [-0.39, 0.29) is 5.91 Å². The third kappa shape index (κ3) is 2.58. The molecule has 0 aromatic rings. The predicted octanol–water partition coefficient (Wildman–Crippen LogP) is 1.48. The Hall–Kier alpha value is -1.56. The van der Waals surface area contributed by atoms with Gasteiger partial charge in [0.15, 0.2) is 0 Å². The predicted molar refractivity (Wildman–Crippen MR) is 74.1 cm³/mol. The molecule has 2 N–H and O–H groups in total. The van der Waals surface area contributed by atoms with Crippen LogP contribution in [0.4, 0.5) is 0 Å². The van der Waals surface area contributed by atoms with Gasteiger partial charge in [0.05, 0.1) is 12.7 Å². The largest absolute Gasteiger partial charge is 0.465 e. The summed E-state index contributed by atoms with van der Waals surface area (Å²) in [4.78, 5) is 24.0. The van der Waals surface area contributed by atoms with Crippen LogP contribution in [0.5, 0.6) is 0 Å². The first kappa shape index (κ1) is 13.9. The lowest BCUT2D eigenvalue weighted by Gasteiger charge is -2.23. The van der Waals surface area contributed by atoms with Crippen LogP contribution in [0, 0.1) is 0 Å². The number of carbonyl (C=O) groups is 2. The van der Waals surface area contributed by atoms with Crippen molar-refractivity contribution in [3.63, 3.8) is 0 Å². The van der Waals surface area contributed by atoms with Crippen molar-refractivity contribution in [2.24, 2.45) is 0 Å². The zero-order valence-electron chi connectivity index (χ0n) is 11.0. The minimum absolute atomic E-state index is 0.186. The van der Waals surface area contributed by atoms with Gasteiger partial charge < -0.3 is 15.4 Å². The Bertz CT molecular complexity index is 544. The summed E-state index contributed by atoms with van der Waals surface area (Å²) in [6.45, 7) is 3.58. The molecule has 1 aliphatic heterocycles. The molecule has 0 unspecified atom stereocenters. The topological polar surface area (TPSA) is 67.4 Å². The molecule has 6 heteroatoms. The number of ether oxygens (including phenoxy) is 1. The molecule has 0 atom stereocenters. The van der Waals surface area contributed by atoms with Gasteiger partial charge in [0.2, 0.25) is 5.91 Å². The molecule has 2 bridgehead atoms. The lowest BCUT2D eigenvalue weighted by atomic mass is 10.0. The number of amides is 1. The van der Waals surface area contributed by atoms with E-state index in [1.165, 1.54) is 7.11 Å². The summed E-state index contributed by atoms with van der Waals surface area (Å²) >= 11 is 3.34. The van der Waals surface area contributed by atoms with E-state index in [4.69, 9.17) is 4.74 Å². The summed E-state index contributed by atoms with van der Waals surface area (Å²) in [5.41, 5.74) is 1.03. The third-order valence-corrected chi connectivity index (χ3v) is 3.69. The second-order valence-corrected chi connectivity index (χ2v) is 5.79. The molecular formula is C13H15BrN2O3. The highest BCUT2D eigenvalue weighted by Gasteiger charge is 2.34. The van der Waals surface area contributed by atoms with Gasteiger partial charge in [0, 0.05) is 22.3 Å². The number of hydrogen-bond acceptors (Lipinski definition) is 4. The van der Waals surface area contributed by atoms with Crippen LogP contribution in [-0.2, 0) is 14.3 Å². The van der Waals surface area contributed by atoms with Gasteiger partial charge in [0.1, 0.15) is 5.54 Å². The fraction of sp³-hybridized carbons (Fsp3) is 0.385. The Balaban J connectivity index is 2.56. The molecular weight excluding hydrogens is 312 g/mol. The zero-order valence-corrected chi connectivity index (χ0v) is 12.6. The standard InChI is InChI=1S/C13H15BrN2O3/c1-13(2)12(18)15-9-6-7(16-13)4-5-8(14)10(9)11(17)19-3/h4-5,16H,6H2,1-3H3,(H,15,18). The van der Waals surface area contributed by atoms with E-state index in [0.29, 0.717) is 22.2 Å². The van der Waals surface area contributed by atoms with Gasteiger partial charge in [-0.3, -0.25) is 4.79 Å². The molecule has 1 fully saturated rings. The van der Waals surface area contributed by atoms with Crippen molar-refractivity contribution in [1.29, 1.82) is 0 Å². The first-order valence-corrected chi connectivity index (χ1v) is 6.62. The smallest absolute Gasteiger partial charge is 0.340 e. The van der Waals surface area contributed by atoms with Crippen molar-refractivity contribution in [1.82, 2.24) is 10.6 Å². The first-order valence-electron chi connectivity index (χ1n) is 5.83. The maximum Gasteiger partial charge on any atom is 0.340 e. The van der Waals surface area contributed by atoms with E-state index >= 15 is 0 Å². The third-order valence-electron chi connectivity index (χ3n) is 3.03. The highest BCUT2D eigenvalue weighted by molar-refractivity contribution is 9.12. The van der Waals surface area contributed by atoms with E-state index in [1.54, 1.807) is 19.9 Å². The van der Waals surface area contributed by atoms with Crippen LogP contribution in [0.15, 0.2) is 33.6 Å². The number of hydrogen-bond donors (Lipinski definition) is 2. The average Bonchev–Trinajstić information content (AvgIpc) is 2.54. The molecule has 2 aliphatic rings. The quantitative estimate of drug-likeness (QED) is 0.716. The summed E-state index contributed by atoms with van der Waals surface area (Å²) < 4.78 is 5.36. The number of methoxy groups -OCH3 is 1. The number of carbonyl (C=O) groups excluding carboxylic acids is 2. The second-order valence-electron chi connectivity index (χ2n) is 4.93. The van der Waals surface area contributed by atoms with Crippen molar-refractivity contribution in [2.45, 2.75) is 25.8 Å². The van der Waals surface area contributed by atoms with Gasteiger partial charge in [-0.2, -0.15) is 0 Å². The minimum Gasteiger partial charge on any atom is -0.465 e. The maximum atomic E-state index is 12.1. The average molecular weight is 327 g/mol. The molecule has 0 aromatic carbocycles. The summed E-state index contributed by atoms with van der Waals surface area (Å²) in [5.74, 6) is -0.665. The number of allylic oxidation sites excluding steroid dienone is 2. The van der Waals surface area contributed by atoms with Gasteiger partial charge in [-0.15, -0.1) is 0 Å². The molecule has 0 aromatic heterocycles. The number of fused-ring (bicyclic) bond motifs is 2. The van der Waals surface area contributed by atoms with E-state index < -0.39 is 11.5 Å². The van der Waals surface area contributed by atoms with Crippen LogP contribution in [0.25, 0.3) is 0 Å². The van der Waals surface area contributed by atoms with Gasteiger partial charge in [0.25, 0.3) is 0 Å². The van der Waals surface area contributed by atoms with E-state index in [9.17, 15) is 9.59 Å². The number of esters is 1. The lowest BCUT2D eigenvalue weighted by molar-refractivity contribution is -0.135. The van der Waals surface area contributed by atoms with Gasteiger partial charge in [-0.1, -0.05) is 0 Å². The zero-order chi connectivity index (χ0) is 14.2. The number of rotatable bonds is 1. The van der Waals surface area contributed by atoms with Crippen molar-refractivity contribution in [2.75, 3.05) is 7.11 Å². The van der Waals surface area contributed by atoms with E-state index in [1.807, 2.05) is 6.08 Å². The summed E-state index contributed by atoms with van der Waals surface area (Å²) in [7, 11) is 1.32. The Kier molecular flexibility index (Phi) is 3.54. The van der Waals surface area contributed by atoms with Crippen LogP contribution in [0.3, 0.4) is 0 Å². The summed E-state index contributed by atoms with van der Waals surface area (Å²) in [6, 6.07) is 0. The molecule has 0 saturated carbocycles. The van der Waals surface area contributed by atoms with Crippen LogP contribution >= 0.6 is 15.9 Å². The first-order chi connectivity index (χ1) is 8.85. The Morgan fingerprint density at radius 1 is 1.42 bits per heavy atom. The monoisotopic (exact) mass is 326 g/mol. The SMILES string of the molecule is COC(=O)C1=C2CC(=CC=C1Br)NC(C)(C)C(=O)N2. The molecule has 1 aliphatic carbocycles. The van der Waals surface area contributed by atoms with Crippen LogP contribution < -0.4 is 10.6 Å². The summed E-state index contributed by atoms with van der Waals surface area (Å²) in [5, 5.41) is 5.97. The number of halogens is 1. The molecule has 19 heavy (non-hydrogen) atoms. The van der Waals surface area contributed by atoms with Crippen LogP contribution in [0.2, 0.25) is 0 Å². The fourth-order valence-electron chi connectivity index (χ4n) is 2.01. The lowest BCUT2D eigenvalue weighted by Crippen LogP contribution is -2.49. The van der Waals surface area contributed by atoms with E-state index in [2.05, 4.69) is 26.6 Å². The highest BCUT2D eigenvalue weighted by atomic mass is 79.9. The minimum atomic E-state index is -0.730. The molecule has 1 saturated heterocycles. The highest BCUT2D eigenvalue weighted by Crippen LogP contribution is 2.30. The van der Waals surface area contributed by atoms with Gasteiger partial charge in [-0.25, -0.2) is 4.79 Å². The Morgan fingerprint density at radius 3 is 2.74 bits per heavy atom. The van der Waals surface area contributed by atoms with Crippen LogP contribution in [0.1, 0.15) is 20.3 Å². The van der Waals surface area contributed by atoms with Gasteiger partial charge in [-0.05, 0) is 41.9 Å². The Morgan fingerprint density at radius 2 is 2.11 bits per heavy atom. The maximum absolute atomic E-state index is 12.1. The molecule has 5 nitrogen and oxygen atoms in total. The normalized spacial score (nSPS) is 21.4. The van der Waals surface area contributed by atoms with Gasteiger partial charge >= 0.3 is 5.97 Å². The van der Waals surface area contributed by atoms with Crippen LogP contribution in [-0.4, -0.2) is 24.5 Å². The molecule has 102 valence electrons. The molecule has 2 rings (SSSR count). The molecule has 1 heterocycles. The van der Waals surface area contributed by atoms with E-state index in [0.717, 1.165) is 5.70 Å². The Labute approximate surface area is 119 Å². The van der Waals surface area contributed by atoms with Crippen molar-refractivity contribution in [3.05, 3.63) is 33.6 Å². The van der Waals surface area contributed by atoms with Crippen molar-refractivity contribution in [3.8, 4) is 0 Å². The molecule has 1 amide bonds. The van der Waals surface area contributed by atoms with Crippen molar-refractivity contribution >= 4 is 27.8 Å². The fourth-order valence-corrected chi connectivity index (χ4v) is 2.54. The van der Waals surface area contributed by atoms with Crippen molar-refractivity contribution < 1.29 is 14.3 Å². The molecule has 0 radical (unpaired) electrons. The summed E-state index contributed by atoms with van der Waals surface area (Å²) in [6.07, 6.45) is 4.07. The second kappa shape index (κ2) is 4.85. The number of nitrogens with one attached hydrogen (secondary N) is 2.